The first-order chi connectivity index (χ1) is 10.3. The maximum Gasteiger partial charge on any atom is 0.141 e. The van der Waals surface area contributed by atoms with E-state index in [1.165, 1.54) is 50.2 Å². The molecule has 0 bridgehead atoms. The van der Waals surface area contributed by atoms with Gasteiger partial charge in [-0.25, -0.2) is 4.39 Å². The lowest BCUT2D eigenvalue weighted by Crippen LogP contribution is -2.19. The van der Waals surface area contributed by atoms with Gasteiger partial charge in [0.1, 0.15) is 11.9 Å². The van der Waals surface area contributed by atoms with Crippen LogP contribution in [0.25, 0.3) is 5.57 Å². The van der Waals surface area contributed by atoms with Crippen LogP contribution in [0.5, 0.6) is 0 Å². The van der Waals surface area contributed by atoms with Crippen molar-refractivity contribution in [3.63, 3.8) is 0 Å². The minimum absolute atomic E-state index is 0.134. The van der Waals surface area contributed by atoms with E-state index in [4.69, 9.17) is 5.26 Å². The number of allylic oxidation sites excluding steroid dienone is 2. The van der Waals surface area contributed by atoms with Crippen LogP contribution in [0.2, 0.25) is 0 Å². The first kappa shape index (κ1) is 14.3. The quantitative estimate of drug-likeness (QED) is 0.707. The summed E-state index contributed by atoms with van der Waals surface area (Å²) in [4.78, 5) is 0. The van der Waals surface area contributed by atoms with Crippen LogP contribution >= 0.6 is 0 Å². The van der Waals surface area contributed by atoms with Gasteiger partial charge in [-0.3, -0.25) is 0 Å². The molecule has 21 heavy (non-hydrogen) atoms. The molecule has 0 radical (unpaired) electrons. The number of halogens is 1. The molecule has 110 valence electrons. The van der Waals surface area contributed by atoms with E-state index in [1.54, 1.807) is 6.07 Å². The average molecular weight is 283 g/mol. The first-order valence-electron chi connectivity index (χ1n) is 8.17. The van der Waals surface area contributed by atoms with Crippen LogP contribution in [0.15, 0.2) is 24.3 Å². The molecule has 1 atom stereocenters. The summed E-state index contributed by atoms with van der Waals surface area (Å²) in [6, 6.07) is 6.88. The third-order valence-electron chi connectivity index (χ3n) is 5.23. The highest BCUT2D eigenvalue weighted by molar-refractivity contribution is 5.67. The highest BCUT2D eigenvalue weighted by Gasteiger charge is 2.25. The minimum Gasteiger partial charge on any atom is -0.206 e. The number of nitriles is 1. The Kier molecular flexibility index (Phi) is 4.39. The standard InChI is InChI=1S/C19H22FN/c20-19-12-17(10-11-18(19)13-21)16-8-6-15(7-9-16)14-4-2-1-3-5-14/h8,10-12,14-15H,1-7,9H2. The Balaban J connectivity index is 1.69. The Bertz CT molecular complexity index is 576. The molecule has 2 aliphatic rings. The van der Waals surface area contributed by atoms with Crippen molar-refractivity contribution in [2.24, 2.45) is 11.8 Å². The van der Waals surface area contributed by atoms with Crippen molar-refractivity contribution < 1.29 is 4.39 Å². The molecule has 1 nitrogen and oxygen atoms in total. The van der Waals surface area contributed by atoms with E-state index in [-0.39, 0.29) is 5.56 Å². The zero-order valence-electron chi connectivity index (χ0n) is 12.4. The van der Waals surface area contributed by atoms with Crippen molar-refractivity contribution in [1.29, 1.82) is 5.26 Å². The Morgan fingerprint density at radius 3 is 2.48 bits per heavy atom. The molecule has 2 heteroatoms. The van der Waals surface area contributed by atoms with Crippen LogP contribution < -0.4 is 0 Å². The fraction of sp³-hybridized carbons (Fsp3) is 0.526. The Morgan fingerprint density at radius 1 is 1.05 bits per heavy atom. The van der Waals surface area contributed by atoms with Gasteiger partial charge in [0.2, 0.25) is 0 Å². The summed E-state index contributed by atoms with van der Waals surface area (Å²) >= 11 is 0. The van der Waals surface area contributed by atoms with E-state index >= 15 is 0 Å². The van der Waals surface area contributed by atoms with Crippen molar-refractivity contribution in [3.8, 4) is 6.07 Å². The van der Waals surface area contributed by atoms with Crippen molar-refractivity contribution >= 4 is 5.57 Å². The second-order valence-electron chi connectivity index (χ2n) is 6.47. The van der Waals surface area contributed by atoms with Crippen LogP contribution in [-0.4, -0.2) is 0 Å². The van der Waals surface area contributed by atoms with Crippen molar-refractivity contribution in [1.82, 2.24) is 0 Å². The first-order valence-corrected chi connectivity index (χ1v) is 8.17. The Labute approximate surface area is 126 Å². The largest absolute Gasteiger partial charge is 0.206 e. The maximum atomic E-state index is 13.7. The fourth-order valence-corrected chi connectivity index (χ4v) is 3.96. The number of nitrogens with zero attached hydrogens (tertiary/aromatic N) is 1. The van der Waals surface area contributed by atoms with Gasteiger partial charge < -0.3 is 0 Å². The Hall–Kier alpha value is -1.62. The number of hydrogen-bond donors (Lipinski definition) is 0. The van der Waals surface area contributed by atoms with Gasteiger partial charge in [-0.05, 0) is 54.4 Å². The average Bonchev–Trinajstić information content (AvgIpc) is 2.56. The second kappa shape index (κ2) is 6.43. The number of hydrogen-bond acceptors (Lipinski definition) is 1. The summed E-state index contributed by atoms with van der Waals surface area (Å²) in [5, 5.41) is 8.79. The van der Waals surface area contributed by atoms with Crippen molar-refractivity contribution in [2.75, 3.05) is 0 Å². The highest BCUT2D eigenvalue weighted by Crippen LogP contribution is 2.39. The van der Waals surface area contributed by atoms with Gasteiger partial charge in [0.15, 0.2) is 0 Å². The third-order valence-corrected chi connectivity index (χ3v) is 5.23. The molecular formula is C19H22FN. The smallest absolute Gasteiger partial charge is 0.141 e. The fourth-order valence-electron chi connectivity index (χ4n) is 3.96. The molecule has 0 heterocycles. The molecule has 0 N–H and O–H groups in total. The number of benzene rings is 1. The van der Waals surface area contributed by atoms with E-state index in [0.717, 1.165) is 30.2 Å². The van der Waals surface area contributed by atoms with Gasteiger partial charge in [0.25, 0.3) is 0 Å². The molecule has 2 aliphatic carbocycles. The molecule has 0 aliphatic heterocycles. The molecule has 1 unspecified atom stereocenters. The second-order valence-corrected chi connectivity index (χ2v) is 6.47. The zero-order valence-corrected chi connectivity index (χ0v) is 12.4. The molecule has 3 rings (SSSR count). The van der Waals surface area contributed by atoms with Crippen LogP contribution in [0.3, 0.4) is 0 Å². The van der Waals surface area contributed by atoms with Gasteiger partial charge in [-0.1, -0.05) is 44.2 Å². The summed E-state index contributed by atoms with van der Waals surface area (Å²) in [6.07, 6.45) is 12.8. The zero-order chi connectivity index (χ0) is 14.7. The van der Waals surface area contributed by atoms with E-state index < -0.39 is 5.82 Å². The summed E-state index contributed by atoms with van der Waals surface area (Å²) in [5.41, 5.74) is 2.34. The van der Waals surface area contributed by atoms with Gasteiger partial charge in [0, 0.05) is 0 Å². The molecule has 1 saturated carbocycles. The van der Waals surface area contributed by atoms with Crippen LogP contribution in [0.1, 0.15) is 62.5 Å². The molecule has 0 saturated heterocycles. The van der Waals surface area contributed by atoms with E-state index in [9.17, 15) is 4.39 Å². The molecular weight excluding hydrogens is 261 g/mol. The Morgan fingerprint density at radius 2 is 1.86 bits per heavy atom. The van der Waals surface area contributed by atoms with Gasteiger partial charge >= 0.3 is 0 Å². The lowest BCUT2D eigenvalue weighted by atomic mass is 9.73. The summed E-state index contributed by atoms with van der Waals surface area (Å²) in [7, 11) is 0. The normalized spacial score (nSPS) is 23.4. The molecule has 0 aromatic heterocycles. The van der Waals surface area contributed by atoms with Crippen molar-refractivity contribution in [3.05, 3.63) is 41.2 Å². The maximum absolute atomic E-state index is 13.7. The van der Waals surface area contributed by atoms with Gasteiger partial charge in [-0.15, -0.1) is 0 Å². The van der Waals surface area contributed by atoms with Crippen LogP contribution in [-0.2, 0) is 0 Å². The molecule has 1 aromatic rings. The number of rotatable bonds is 2. The van der Waals surface area contributed by atoms with E-state index in [0.29, 0.717) is 0 Å². The molecule has 0 spiro atoms. The third kappa shape index (κ3) is 3.18. The van der Waals surface area contributed by atoms with Gasteiger partial charge in [0.05, 0.1) is 5.56 Å². The van der Waals surface area contributed by atoms with Crippen molar-refractivity contribution in [2.45, 2.75) is 51.4 Å². The van der Waals surface area contributed by atoms with E-state index in [2.05, 4.69) is 6.08 Å². The van der Waals surface area contributed by atoms with E-state index in [1.807, 2.05) is 12.1 Å². The molecule has 0 amide bonds. The lowest BCUT2D eigenvalue weighted by Gasteiger charge is -2.32. The summed E-state index contributed by atoms with van der Waals surface area (Å²) in [6.45, 7) is 0. The van der Waals surface area contributed by atoms with Crippen LogP contribution in [0, 0.1) is 29.0 Å². The van der Waals surface area contributed by atoms with Gasteiger partial charge in [-0.2, -0.15) is 5.26 Å². The summed E-state index contributed by atoms with van der Waals surface area (Å²) in [5.74, 6) is 1.34. The minimum atomic E-state index is -0.398. The SMILES string of the molecule is N#Cc1ccc(C2=CCC(C3CCCCC3)CC2)cc1F. The highest BCUT2D eigenvalue weighted by atomic mass is 19.1. The predicted molar refractivity (Wildman–Crippen MR) is 83.0 cm³/mol. The lowest BCUT2D eigenvalue weighted by molar-refractivity contribution is 0.235. The monoisotopic (exact) mass is 283 g/mol. The summed E-state index contributed by atoms with van der Waals surface area (Å²) < 4.78 is 13.7. The molecule has 1 fully saturated rings. The topological polar surface area (TPSA) is 23.8 Å². The molecule has 1 aromatic carbocycles. The van der Waals surface area contributed by atoms with Crippen LogP contribution in [0.4, 0.5) is 4.39 Å². The predicted octanol–water partition coefficient (Wildman–Crippen LogP) is 5.46.